The van der Waals surface area contributed by atoms with Gasteiger partial charge in [0.05, 0.1) is 6.04 Å². The van der Waals surface area contributed by atoms with Crippen molar-refractivity contribution in [2.45, 2.75) is 25.4 Å². The summed E-state index contributed by atoms with van der Waals surface area (Å²) in [4.78, 5) is 22.1. The van der Waals surface area contributed by atoms with Gasteiger partial charge in [0.25, 0.3) is 0 Å². The zero-order valence-corrected chi connectivity index (χ0v) is 9.59. The molecule has 0 aromatic heterocycles. The third kappa shape index (κ3) is 4.24. The number of benzene rings is 1. The zero-order chi connectivity index (χ0) is 12.8. The molecule has 0 saturated heterocycles. The average Bonchev–Trinajstić information content (AvgIpc) is 2.29. The highest BCUT2D eigenvalue weighted by Crippen LogP contribution is 2.02. The van der Waals surface area contributed by atoms with Gasteiger partial charge in [0.15, 0.2) is 0 Å². The Morgan fingerprint density at radius 2 is 1.94 bits per heavy atom. The molecule has 0 spiro atoms. The van der Waals surface area contributed by atoms with E-state index in [-0.39, 0.29) is 0 Å². The van der Waals surface area contributed by atoms with Crippen LogP contribution >= 0.6 is 0 Å². The van der Waals surface area contributed by atoms with Gasteiger partial charge in [-0.1, -0.05) is 30.3 Å². The van der Waals surface area contributed by atoms with Crippen LogP contribution in [0.3, 0.4) is 0 Å². The van der Waals surface area contributed by atoms with Crippen molar-refractivity contribution in [3.63, 3.8) is 0 Å². The Labute approximate surface area is 99.6 Å². The molecule has 0 unspecified atom stereocenters. The standard InChI is InChI=1S/C12H16N2O3/c1-8(12(16)17)14-11(15)10(13)7-9-5-3-2-4-6-9/h2-6,8,10H,7,13H2,1H3,(H,14,15)(H,16,17)/t8-,10+/m1/s1. The predicted octanol–water partition coefficient (Wildman–Crippen LogP) is 0.146. The molecule has 0 fully saturated rings. The first-order chi connectivity index (χ1) is 8.00. The Morgan fingerprint density at radius 3 is 2.47 bits per heavy atom. The number of nitrogens with two attached hydrogens (primary N) is 1. The highest BCUT2D eigenvalue weighted by atomic mass is 16.4. The molecule has 1 aromatic rings. The Bertz CT molecular complexity index is 392. The molecule has 17 heavy (non-hydrogen) atoms. The van der Waals surface area contributed by atoms with Crippen LogP contribution in [0.15, 0.2) is 30.3 Å². The van der Waals surface area contributed by atoms with Crippen LogP contribution in [-0.2, 0) is 16.0 Å². The first-order valence-corrected chi connectivity index (χ1v) is 5.33. The van der Waals surface area contributed by atoms with Crippen LogP contribution in [0.5, 0.6) is 0 Å². The van der Waals surface area contributed by atoms with E-state index in [1.807, 2.05) is 30.3 Å². The molecule has 0 heterocycles. The van der Waals surface area contributed by atoms with Crippen molar-refractivity contribution in [1.29, 1.82) is 0 Å². The van der Waals surface area contributed by atoms with Crippen molar-refractivity contribution in [1.82, 2.24) is 5.32 Å². The summed E-state index contributed by atoms with van der Waals surface area (Å²) in [7, 11) is 0. The van der Waals surface area contributed by atoms with Crippen LogP contribution in [-0.4, -0.2) is 29.1 Å². The van der Waals surface area contributed by atoms with Gasteiger partial charge in [0.1, 0.15) is 6.04 Å². The van der Waals surface area contributed by atoms with Crippen molar-refractivity contribution in [3.8, 4) is 0 Å². The van der Waals surface area contributed by atoms with Crippen molar-refractivity contribution in [2.24, 2.45) is 5.73 Å². The van der Waals surface area contributed by atoms with Crippen molar-refractivity contribution < 1.29 is 14.7 Å². The zero-order valence-electron chi connectivity index (χ0n) is 9.59. The molecular weight excluding hydrogens is 220 g/mol. The summed E-state index contributed by atoms with van der Waals surface area (Å²) in [5.74, 6) is -1.53. The van der Waals surface area contributed by atoms with Crippen LogP contribution in [0.2, 0.25) is 0 Å². The number of carbonyl (C=O) groups is 2. The quantitative estimate of drug-likeness (QED) is 0.678. The summed E-state index contributed by atoms with van der Waals surface area (Å²) in [6, 6.07) is 7.67. The molecule has 1 amide bonds. The maximum atomic E-state index is 11.6. The lowest BCUT2D eigenvalue weighted by Crippen LogP contribution is -2.47. The van der Waals surface area contributed by atoms with E-state index in [9.17, 15) is 9.59 Å². The summed E-state index contributed by atoms with van der Waals surface area (Å²) in [5.41, 5.74) is 6.64. The minimum absolute atomic E-state index is 0.388. The van der Waals surface area contributed by atoms with E-state index >= 15 is 0 Å². The topological polar surface area (TPSA) is 92.4 Å². The van der Waals surface area contributed by atoms with Gasteiger partial charge < -0.3 is 16.2 Å². The monoisotopic (exact) mass is 236 g/mol. The number of carboxylic acids is 1. The maximum Gasteiger partial charge on any atom is 0.325 e. The molecule has 92 valence electrons. The highest BCUT2D eigenvalue weighted by molar-refractivity contribution is 5.86. The number of rotatable bonds is 5. The van der Waals surface area contributed by atoms with E-state index in [0.717, 1.165) is 5.56 Å². The molecule has 5 nitrogen and oxygen atoms in total. The molecule has 0 saturated carbocycles. The molecule has 5 heteroatoms. The Morgan fingerprint density at radius 1 is 1.35 bits per heavy atom. The van der Waals surface area contributed by atoms with E-state index < -0.39 is 24.0 Å². The molecule has 0 bridgehead atoms. The molecule has 1 aromatic carbocycles. The molecule has 0 aliphatic heterocycles. The van der Waals surface area contributed by atoms with E-state index in [1.54, 1.807) is 0 Å². The third-order valence-electron chi connectivity index (χ3n) is 2.36. The Hall–Kier alpha value is -1.88. The lowest BCUT2D eigenvalue weighted by molar-refractivity contribution is -0.141. The van der Waals surface area contributed by atoms with Crippen LogP contribution in [0.1, 0.15) is 12.5 Å². The third-order valence-corrected chi connectivity index (χ3v) is 2.36. The SMILES string of the molecule is C[C@@H](NC(=O)[C@@H](N)Cc1ccccc1)C(=O)O. The minimum Gasteiger partial charge on any atom is -0.480 e. The van der Waals surface area contributed by atoms with Gasteiger partial charge in [-0.05, 0) is 18.9 Å². The summed E-state index contributed by atoms with van der Waals surface area (Å²) < 4.78 is 0. The fourth-order valence-electron chi connectivity index (χ4n) is 1.34. The second kappa shape index (κ2) is 6.00. The van der Waals surface area contributed by atoms with Gasteiger partial charge in [-0.2, -0.15) is 0 Å². The van der Waals surface area contributed by atoms with Gasteiger partial charge in [0.2, 0.25) is 5.91 Å². The van der Waals surface area contributed by atoms with E-state index in [2.05, 4.69) is 5.32 Å². The number of hydrogen-bond donors (Lipinski definition) is 3. The van der Waals surface area contributed by atoms with Gasteiger partial charge in [-0.15, -0.1) is 0 Å². The van der Waals surface area contributed by atoms with Crippen molar-refractivity contribution in [2.75, 3.05) is 0 Å². The number of hydrogen-bond acceptors (Lipinski definition) is 3. The number of carboxylic acid groups (broad SMARTS) is 1. The number of amides is 1. The lowest BCUT2D eigenvalue weighted by atomic mass is 10.1. The molecular formula is C12H16N2O3. The second-order valence-electron chi connectivity index (χ2n) is 3.86. The fourth-order valence-corrected chi connectivity index (χ4v) is 1.34. The van der Waals surface area contributed by atoms with Gasteiger partial charge in [0, 0.05) is 0 Å². The normalized spacial score (nSPS) is 13.8. The van der Waals surface area contributed by atoms with Gasteiger partial charge in [-0.3, -0.25) is 9.59 Å². The molecule has 0 aliphatic carbocycles. The molecule has 0 aliphatic rings. The van der Waals surface area contributed by atoms with Gasteiger partial charge in [-0.25, -0.2) is 0 Å². The van der Waals surface area contributed by atoms with E-state index in [4.69, 9.17) is 10.8 Å². The van der Waals surface area contributed by atoms with Crippen molar-refractivity contribution >= 4 is 11.9 Å². The number of nitrogens with one attached hydrogen (secondary N) is 1. The molecule has 1 rings (SSSR count). The highest BCUT2D eigenvalue weighted by Gasteiger charge is 2.19. The molecule has 4 N–H and O–H groups in total. The van der Waals surface area contributed by atoms with Crippen LogP contribution in [0.4, 0.5) is 0 Å². The van der Waals surface area contributed by atoms with Crippen molar-refractivity contribution in [3.05, 3.63) is 35.9 Å². The second-order valence-corrected chi connectivity index (χ2v) is 3.86. The summed E-state index contributed by atoms with van der Waals surface area (Å²) in [5, 5.41) is 11.0. The van der Waals surface area contributed by atoms with Crippen LogP contribution in [0, 0.1) is 0 Å². The largest absolute Gasteiger partial charge is 0.480 e. The predicted molar refractivity (Wildman–Crippen MR) is 63.4 cm³/mol. The van der Waals surface area contributed by atoms with E-state index in [1.165, 1.54) is 6.92 Å². The maximum absolute atomic E-state index is 11.6. The average molecular weight is 236 g/mol. The van der Waals surface area contributed by atoms with Crippen LogP contribution < -0.4 is 11.1 Å². The fraction of sp³-hybridized carbons (Fsp3) is 0.333. The number of aliphatic carboxylic acids is 1. The van der Waals surface area contributed by atoms with E-state index in [0.29, 0.717) is 6.42 Å². The van der Waals surface area contributed by atoms with Gasteiger partial charge >= 0.3 is 5.97 Å². The van der Waals surface area contributed by atoms with Crippen LogP contribution in [0.25, 0.3) is 0 Å². The summed E-state index contributed by atoms with van der Waals surface area (Å²) in [6.07, 6.45) is 0.388. The summed E-state index contributed by atoms with van der Waals surface area (Å²) in [6.45, 7) is 1.40. The first kappa shape index (κ1) is 13.2. The Balaban J connectivity index is 2.50. The smallest absolute Gasteiger partial charge is 0.325 e. The lowest BCUT2D eigenvalue weighted by Gasteiger charge is -2.14. The number of carbonyl (C=O) groups excluding carboxylic acids is 1. The molecule has 0 radical (unpaired) electrons. The summed E-state index contributed by atoms with van der Waals surface area (Å²) >= 11 is 0. The first-order valence-electron chi connectivity index (χ1n) is 5.33. The minimum atomic E-state index is -1.08. The Kier molecular flexibility index (Phi) is 4.66. The molecule has 2 atom stereocenters.